The van der Waals surface area contributed by atoms with Crippen molar-refractivity contribution >= 4 is 27.3 Å². The van der Waals surface area contributed by atoms with Crippen LogP contribution in [0.2, 0.25) is 0 Å². The van der Waals surface area contributed by atoms with Crippen molar-refractivity contribution in [1.82, 2.24) is 10.3 Å². The Balaban J connectivity index is 1.90. The summed E-state index contributed by atoms with van der Waals surface area (Å²) in [5.74, 6) is -0.149. The number of nitrogens with one attached hydrogen (secondary N) is 1. The second kappa shape index (κ2) is 7.00. The lowest BCUT2D eigenvalue weighted by molar-refractivity contribution is 0.0958. The predicted octanol–water partition coefficient (Wildman–Crippen LogP) is 2.06. The Kier molecular flexibility index (Phi) is 5.42. The summed E-state index contributed by atoms with van der Waals surface area (Å²) in [5.41, 5.74) is 0.844. The van der Waals surface area contributed by atoms with Crippen molar-refractivity contribution in [1.29, 1.82) is 0 Å². The summed E-state index contributed by atoms with van der Waals surface area (Å²) < 4.78 is 22.4. The van der Waals surface area contributed by atoms with E-state index in [1.165, 1.54) is 23.5 Å². The van der Waals surface area contributed by atoms with Gasteiger partial charge in [0, 0.05) is 12.0 Å². The van der Waals surface area contributed by atoms with E-state index in [9.17, 15) is 13.2 Å². The first-order chi connectivity index (χ1) is 11.1. The number of primary sulfonamides is 1. The molecule has 6 nitrogen and oxygen atoms in total. The van der Waals surface area contributed by atoms with Gasteiger partial charge >= 0.3 is 0 Å². The summed E-state index contributed by atoms with van der Waals surface area (Å²) in [4.78, 5) is 17.1. The minimum absolute atomic E-state index is 0.0751. The van der Waals surface area contributed by atoms with E-state index in [0.717, 1.165) is 10.6 Å². The zero-order chi connectivity index (χ0) is 18.0. The molecule has 24 heavy (non-hydrogen) atoms. The molecule has 1 aromatic heterocycles. The van der Waals surface area contributed by atoms with Crippen LogP contribution < -0.4 is 10.5 Å². The third-order valence-corrected chi connectivity index (χ3v) is 5.67. The number of hydrogen-bond acceptors (Lipinski definition) is 5. The van der Waals surface area contributed by atoms with E-state index in [4.69, 9.17) is 5.14 Å². The summed E-state index contributed by atoms with van der Waals surface area (Å²) in [7, 11) is -3.67. The number of hydrogen-bond donors (Lipinski definition) is 2. The first kappa shape index (κ1) is 18.6. The van der Waals surface area contributed by atoms with Crippen LogP contribution in [0.5, 0.6) is 0 Å². The second-order valence-electron chi connectivity index (χ2n) is 6.47. The minimum atomic E-state index is -3.67. The van der Waals surface area contributed by atoms with Gasteiger partial charge < -0.3 is 5.32 Å². The lowest BCUT2D eigenvalue weighted by Crippen LogP contribution is -2.24. The maximum absolute atomic E-state index is 12.1. The number of carbonyl (C=O) groups excluding carboxylic acids is 1. The molecular formula is C16H21N3O3S2. The summed E-state index contributed by atoms with van der Waals surface area (Å²) in [6.07, 6.45) is 2.20. The van der Waals surface area contributed by atoms with Gasteiger partial charge in [-0.05, 0) is 24.1 Å². The second-order valence-corrected chi connectivity index (χ2v) is 9.07. The maximum atomic E-state index is 12.1. The van der Waals surface area contributed by atoms with Gasteiger partial charge in [0.1, 0.15) is 4.88 Å². The SMILES string of the molecule is CC(C)(C)c1ncc(C(=O)NCCc2ccc(S(N)(=O)=O)cc2)s1. The number of sulfonamides is 1. The van der Waals surface area contributed by atoms with Crippen molar-refractivity contribution in [3.05, 3.63) is 45.9 Å². The first-order valence-electron chi connectivity index (χ1n) is 7.43. The van der Waals surface area contributed by atoms with Gasteiger partial charge in [0.25, 0.3) is 5.91 Å². The van der Waals surface area contributed by atoms with Crippen LogP contribution in [0.4, 0.5) is 0 Å². The number of nitrogens with zero attached hydrogens (tertiary/aromatic N) is 1. The van der Waals surface area contributed by atoms with E-state index in [1.54, 1.807) is 18.3 Å². The normalized spacial score (nSPS) is 12.2. The molecule has 3 N–H and O–H groups in total. The molecular weight excluding hydrogens is 346 g/mol. The highest BCUT2D eigenvalue weighted by molar-refractivity contribution is 7.89. The van der Waals surface area contributed by atoms with Crippen LogP contribution >= 0.6 is 11.3 Å². The highest BCUT2D eigenvalue weighted by Crippen LogP contribution is 2.26. The van der Waals surface area contributed by atoms with Gasteiger partial charge in [-0.2, -0.15) is 0 Å². The number of carbonyl (C=O) groups is 1. The van der Waals surface area contributed by atoms with E-state index >= 15 is 0 Å². The van der Waals surface area contributed by atoms with Gasteiger partial charge in [0.15, 0.2) is 0 Å². The smallest absolute Gasteiger partial charge is 0.263 e. The Bertz CT molecular complexity index is 819. The molecule has 0 aliphatic heterocycles. The van der Waals surface area contributed by atoms with Crippen LogP contribution in [0.3, 0.4) is 0 Å². The minimum Gasteiger partial charge on any atom is -0.351 e. The first-order valence-corrected chi connectivity index (χ1v) is 9.80. The van der Waals surface area contributed by atoms with Gasteiger partial charge in [-0.15, -0.1) is 11.3 Å². The molecule has 1 amide bonds. The number of rotatable bonds is 5. The van der Waals surface area contributed by atoms with E-state index in [2.05, 4.69) is 31.1 Å². The van der Waals surface area contributed by atoms with Crippen molar-refractivity contribution < 1.29 is 13.2 Å². The van der Waals surface area contributed by atoms with Gasteiger partial charge in [0.05, 0.1) is 16.1 Å². The molecule has 0 bridgehead atoms. The quantitative estimate of drug-likeness (QED) is 0.844. The fraction of sp³-hybridized carbons (Fsp3) is 0.375. The average Bonchev–Trinajstić information content (AvgIpc) is 2.96. The van der Waals surface area contributed by atoms with Crippen LogP contribution in [0, 0.1) is 0 Å². The fourth-order valence-electron chi connectivity index (χ4n) is 1.98. The zero-order valence-corrected chi connectivity index (χ0v) is 15.5. The Labute approximate surface area is 146 Å². The zero-order valence-electron chi connectivity index (χ0n) is 13.9. The maximum Gasteiger partial charge on any atom is 0.263 e. The molecule has 0 atom stereocenters. The van der Waals surface area contributed by atoms with Crippen molar-refractivity contribution in [2.75, 3.05) is 6.54 Å². The van der Waals surface area contributed by atoms with E-state index < -0.39 is 10.0 Å². The van der Waals surface area contributed by atoms with Crippen LogP contribution in [0.1, 0.15) is 41.0 Å². The molecule has 0 spiro atoms. The lowest BCUT2D eigenvalue weighted by Gasteiger charge is -2.13. The molecule has 8 heteroatoms. The summed E-state index contributed by atoms with van der Waals surface area (Å²) in [5, 5.41) is 8.82. The van der Waals surface area contributed by atoms with Gasteiger partial charge in [-0.25, -0.2) is 18.5 Å². The molecule has 130 valence electrons. The summed E-state index contributed by atoms with van der Waals surface area (Å²) in [6.45, 7) is 6.62. The predicted molar refractivity (Wildman–Crippen MR) is 94.7 cm³/mol. The molecule has 0 aliphatic rings. The molecule has 0 aliphatic carbocycles. The fourth-order valence-corrected chi connectivity index (χ4v) is 3.38. The third-order valence-electron chi connectivity index (χ3n) is 3.32. The highest BCUT2D eigenvalue weighted by Gasteiger charge is 2.20. The monoisotopic (exact) mass is 367 g/mol. The summed E-state index contributed by atoms with van der Waals surface area (Å²) in [6, 6.07) is 6.31. The highest BCUT2D eigenvalue weighted by atomic mass is 32.2. The molecule has 0 unspecified atom stereocenters. The molecule has 0 saturated carbocycles. The molecule has 0 fully saturated rings. The van der Waals surface area contributed by atoms with Crippen LogP contribution in [0.25, 0.3) is 0 Å². The number of aromatic nitrogens is 1. The average molecular weight is 367 g/mol. The van der Waals surface area contributed by atoms with Crippen LogP contribution in [0.15, 0.2) is 35.4 Å². The van der Waals surface area contributed by atoms with Crippen LogP contribution in [-0.4, -0.2) is 25.9 Å². The van der Waals surface area contributed by atoms with Crippen molar-refractivity contribution in [3.63, 3.8) is 0 Å². The number of nitrogens with two attached hydrogens (primary N) is 1. The van der Waals surface area contributed by atoms with Gasteiger partial charge in [-0.3, -0.25) is 4.79 Å². The summed E-state index contributed by atoms with van der Waals surface area (Å²) >= 11 is 1.40. The number of thiazole rings is 1. The Morgan fingerprint density at radius 3 is 2.38 bits per heavy atom. The van der Waals surface area contributed by atoms with Gasteiger partial charge in [0.2, 0.25) is 10.0 Å². The third kappa shape index (κ3) is 4.86. The molecule has 1 heterocycles. The largest absolute Gasteiger partial charge is 0.351 e. The van der Waals surface area contributed by atoms with Gasteiger partial charge in [-0.1, -0.05) is 32.9 Å². The topological polar surface area (TPSA) is 102 Å². The lowest BCUT2D eigenvalue weighted by atomic mass is 9.98. The van der Waals surface area contributed by atoms with E-state index in [1.807, 2.05) is 0 Å². The van der Waals surface area contributed by atoms with Crippen molar-refractivity contribution in [3.8, 4) is 0 Å². The Morgan fingerprint density at radius 1 is 1.25 bits per heavy atom. The Morgan fingerprint density at radius 2 is 1.88 bits per heavy atom. The van der Waals surface area contributed by atoms with E-state index in [-0.39, 0.29) is 16.2 Å². The molecule has 2 rings (SSSR count). The molecule has 0 saturated heterocycles. The number of benzene rings is 1. The molecule has 1 aromatic carbocycles. The van der Waals surface area contributed by atoms with Crippen molar-refractivity contribution in [2.45, 2.75) is 37.5 Å². The van der Waals surface area contributed by atoms with E-state index in [0.29, 0.717) is 17.8 Å². The molecule has 2 aromatic rings. The molecule has 0 radical (unpaired) electrons. The van der Waals surface area contributed by atoms with Crippen molar-refractivity contribution in [2.24, 2.45) is 5.14 Å². The van der Waals surface area contributed by atoms with Crippen LogP contribution in [-0.2, 0) is 21.9 Å². The number of amides is 1. The Hall–Kier alpha value is -1.77. The standard InChI is InChI=1S/C16H21N3O3S2/c1-16(2,3)15-19-10-13(23-15)14(20)18-9-8-11-4-6-12(7-5-11)24(17,21)22/h4-7,10H,8-9H2,1-3H3,(H,18,20)(H2,17,21,22).